The molecule has 0 unspecified atom stereocenters. The minimum absolute atomic E-state index is 0.276. The normalized spacial score (nSPS) is 11.1. The lowest BCUT2D eigenvalue weighted by Gasteiger charge is -2.07. The molecule has 22 heavy (non-hydrogen) atoms. The van der Waals surface area contributed by atoms with Crippen molar-refractivity contribution in [1.29, 1.82) is 0 Å². The highest BCUT2D eigenvalue weighted by Crippen LogP contribution is 2.35. The molecule has 0 atom stereocenters. The number of aromatic nitrogens is 2. The summed E-state index contributed by atoms with van der Waals surface area (Å²) in [4.78, 5) is 9.63. The third-order valence-corrected chi connectivity index (χ3v) is 4.61. The minimum atomic E-state index is -0.276. The highest BCUT2D eigenvalue weighted by molar-refractivity contribution is 7.99. The van der Waals surface area contributed by atoms with E-state index in [2.05, 4.69) is 34.2 Å². The first-order valence-corrected chi connectivity index (χ1v) is 7.69. The van der Waals surface area contributed by atoms with Crippen molar-refractivity contribution in [3.63, 3.8) is 0 Å². The molecule has 0 saturated carbocycles. The molecule has 4 aromatic rings. The number of halogens is 1. The number of hydrogen-bond donors (Lipinski definition) is 0. The van der Waals surface area contributed by atoms with Crippen LogP contribution in [-0.4, -0.2) is 9.97 Å². The molecule has 0 aliphatic rings. The molecule has 0 bridgehead atoms. The zero-order valence-corrected chi connectivity index (χ0v) is 12.3. The zero-order chi connectivity index (χ0) is 14.9. The van der Waals surface area contributed by atoms with Crippen LogP contribution in [-0.2, 0) is 0 Å². The van der Waals surface area contributed by atoms with Crippen LogP contribution in [0, 0.1) is 5.82 Å². The zero-order valence-electron chi connectivity index (χ0n) is 11.5. The summed E-state index contributed by atoms with van der Waals surface area (Å²) in [5.41, 5.74) is 0.749. The second kappa shape index (κ2) is 5.39. The highest BCUT2D eigenvalue weighted by atomic mass is 32.2. The molecule has 0 amide bonds. The third-order valence-electron chi connectivity index (χ3n) is 3.52. The van der Waals surface area contributed by atoms with Gasteiger partial charge in [-0.3, -0.25) is 0 Å². The van der Waals surface area contributed by atoms with Crippen LogP contribution in [0.2, 0.25) is 0 Å². The second-order valence-electron chi connectivity index (χ2n) is 4.92. The Balaban J connectivity index is 1.88. The van der Waals surface area contributed by atoms with Gasteiger partial charge < -0.3 is 0 Å². The van der Waals surface area contributed by atoms with Gasteiger partial charge in [-0.25, -0.2) is 14.4 Å². The van der Waals surface area contributed by atoms with Crippen LogP contribution in [0.1, 0.15) is 0 Å². The Morgan fingerprint density at radius 3 is 2.64 bits per heavy atom. The molecule has 0 spiro atoms. The van der Waals surface area contributed by atoms with Gasteiger partial charge in [0.25, 0.3) is 0 Å². The molecule has 0 aliphatic carbocycles. The molecule has 0 N–H and O–H groups in total. The molecular formula is C18H11FN2S. The Kier molecular flexibility index (Phi) is 3.24. The molecule has 4 heteroatoms. The molecule has 0 fully saturated rings. The average Bonchev–Trinajstić information content (AvgIpc) is 2.56. The van der Waals surface area contributed by atoms with Gasteiger partial charge in [0.05, 0.1) is 5.52 Å². The molecule has 2 nitrogen and oxygen atoms in total. The summed E-state index contributed by atoms with van der Waals surface area (Å²) in [6, 6.07) is 18.9. The Morgan fingerprint density at radius 1 is 0.818 bits per heavy atom. The average molecular weight is 306 g/mol. The molecule has 4 rings (SSSR count). The monoisotopic (exact) mass is 306 g/mol. The number of hydrogen-bond acceptors (Lipinski definition) is 3. The van der Waals surface area contributed by atoms with Crippen molar-refractivity contribution in [2.75, 3.05) is 0 Å². The van der Waals surface area contributed by atoms with Gasteiger partial charge in [-0.05, 0) is 35.0 Å². The van der Waals surface area contributed by atoms with Gasteiger partial charge in [-0.15, -0.1) is 0 Å². The van der Waals surface area contributed by atoms with Crippen molar-refractivity contribution in [3.05, 3.63) is 72.8 Å². The van der Waals surface area contributed by atoms with E-state index in [9.17, 15) is 4.39 Å². The Hall–Kier alpha value is -2.46. The van der Waals surface area contributed by atoms with E-state index >= 15 is 0 Å². The number of nitrogens with zero attached hydrogens (tertiary/aromatic N) is 2. The molecular weight excluding hydrogens is 295 g/mol. The van der Waals surface area contributed by atoms with E-state index in [1.807, 2.05) is 18.2 Å². The molecule has 0 radical (unpaired) electrons. The molecule has 1 heterocycles. The summed E-state index contributed by atoms with van der Waals surface area (Å²) in [5, 5.41) is 3.84. The first kappa shape index (κ1) is 13.2. The minimum Gasteiger partial charge on any atom is -0.236 e. The Labute approximate surface area is 131 Å². The SMILES string of the molecule is Fc1ccc2ncnc(Sc3cccc4ccccc34)c2c1. The predicted octanol–water partition coefficient (Wildman–Crippen LogP) is 5.07. The van der Waals surface area contributed by atoms with Crippen LogP contribution in [0.4, 0.5) is 4.39 Å². The van der Waals surface area contributed by atoms with Gasteiger partial charge in [0.1, 0.15) is 17.2 Å². The van der Waals surface area contributed by atoms with Gasteiger partial charge in [0.15, 0.2) is 0 Å². The van der Waals surface area contributed by atoms with E-state index in [4.69, 9.17) is 0 Å². The molecule has 0 saturated heterocycles. The summed E-state index contributed by atoms with van der Waals surface area (Å²) >= 11 is 1.54. The third kappa shape index (κ3) is 2.31. The summed E-state index contributed by atoms with van der Waals surface area (Å²) in [5.74, 6) is -0.276. The van der Waals surface area contributed by atoms with E-state index in [0.717, 1.165) is 26.2 Å². The lowest BCUT2D eigenvalue weighted by atomic mass is 10.1. The summed E-state index contributed by atoms with van der Waals surface area (Å²) in [6.07, 6.45) is 1.52. The quantitative estimate of drug-likeness (QED) is 0.483. The Bertz CT molecular complexity index is 979. The first-order valence-electron chi connectivity index (χ1n) is 6.87. The fourth-order valence-corrected chi connectivity index (χ4v) is 3.50. The van der Waals surface area contributed by atoms with E-state index in [1.165, 1.54) is 35.6 Å². The van der Waals surface area contributed by atoms with Crippen LogP contribution in [0.15, 0.2) is 76.9 Å². The van der Waals surface area contributed by atoms with E-state index in [1.54, 1.807) is 6.07 Å². The highest BCUT2D eigenvalue weighted by Gasteiger charge is 2.09. The number of rotatable bonds is 2. The summed E-state index contributed by atoms with van der Waals surface area (Å²) in [7, 11) is 0. The lowest BCUT2D eigenvalue weighted by molar-refractivity contribution is 0.629. The topological polar surface area (TPSA) is 25.8 Å². The van der Waals surface area contributed by atoms with Crippen molar-refractivity contribution in [2.24, 2.45) is 0 Å². The van der Waals surface area contributed by atoms with Crippen LogP contribution in [0.3, 0.4) is 0 Å². The summed E-state index contributed by atoms with van der Waals surface area (Å²) in [6.45, 7) is 0. The fourth-order valence-electron chi connectivity index (χ4n) is 2.48. The predicted molar refractivity (Wildman–Crippen MR) is 87.6 cm³/mol. The van der Waals surface area contributed by atoms with E-state index < -0.39 is 0 Å². The second-order valence-corrected chi connectivity index (χ2v) is 5.95. The fraction of sp³-hybridized carbons (Fsp3) is 0. The number of benzene rings is 3. The van der Waals surface area contributed by atoms with Crippen molar-refractivity contribution < 1.29 is 4.39 Å². The largest absolute Gasteiger partial charge is 0.236 e. The number of fused-ring (bicyclic) bond motifs is 2. The smallest absolute Gasteiger partial charge is 0.124 e. The molecule has 3 aromatic carbocycles. The van der Waals surface area contributed by atoms with Gasteiger partial charge in [0.2, 0.25) is 0 Å². The summed E-state index contributed by atoms with van der Waals surface area (Å²) < 4.78 is 13.5. The van der Waals surface area contributed by atoms with Crippen LogP contribution < -0.4 is 0 Å². The van der Waals surface area contributed by atoms with Crippen LogP contribution in [0.25, 0.3) is 21.7 Å². The van der Waals surface area contributed by atoms with Gasteiger partial charge in [-0.1, -0.05) is 48.2 Å². The molecule has 0 aliphatic heterocycles. The molecule has 1 aromatic heterocycles. The van der Waals surface area contributed by atoms with Gasteiger partial charge >= 0.3 is 0 Å². The van der Waals surface area contributed by atoms with Crippen LogP contribution in [0.5, 0.6) is 0 Å². The first-order chi connectivity index (χ1) is 10.8. The standard InChI is InChI=1S/C18H11FN2S/c19-13-8-9-16-15(10-13)18(21-11-20-16)22-17-7-3-5-12-4-1-2-6-14(12)17/h1-11H. The maximum Gasteiger partial charge on any atom is 0.124 e. The molecule has 106 valence electrons. The Morgan fingerprint density at radius 2 is 1.68 bits per heavy atom. The maximum absolute atomic E-state index is 13.5. The van der Waals surface area contributed by atoms with Crippen molar-refractivity contribution in [3.8, 4) is 0 Å². The van der Waals surface area contributed by atoms with E-state index in [-0.39, 0.29) is 5.82 Å². The van der Waals surface area contributed by atoms with Crippen molar-refractivity contribution >= 4 is 33.4 Å². The van der Waals surface area contributed by atoms with Crippen LogP contribution >= 0.6 is 11.8 Å². The maximum atomic E-state index is 13.5. The van der Waals surface area contributed by atoms with Gasteiger partial charge in [0, 0.05) is 10.3 Å². The van der Waals surface area contributed by atoms with Crippen molar-refractivity contribution in [2.45, 2.75) is 9.92 Å². The van der Waals surface area contributed by atoms with Gasteiger partial charge in [-0.2, -0.15) is 0 Å². The lowest BCUT2D eigenvalue weighted by Crippen LogP contribution is -1.88. The van der Waals surface area contributed by atoms with E-state index in [0.29, 0.717) is 0 Å². The van der Waals surface area contributed by atoms with Crippen molar-refractivity contribution in [1.82, 2.24) is 9.97 Å².